The number of aromatic amines is 1. The number of benzene rings is 1. The van der Waals surface area contributed by atoms with Crippen molar-refractivity contribution in [2.75, 3.05) is 38.7 Å². The van der Waals surface area contributed by atoms with Crippen molar-refractivity contribution in [2.24, 2.45) is 0 Å². The number of hydrogen-bond donors (Lipinski definition) is 2. The van der Waals surface area contributed by atoms with Crippen molar-refractivity contribution in [3.8, 4) is 16.9 Å². The monoisotopic (exact) mass is 426 g/mol. The Bertz CT molecular complexity index is 1100. The zero-order valence-electron chi connectivity index (χ0n) is 16.7. The molecule has 30 heavy (non-hydrogen) atoms. The van der Waals surface area contributed by atoms with Gasteiger partial charge >= 0.3 is 0 Å². The molecule has 1 aliphatic heterocycles. The Kier molecular flexibility index (Phi) is 5.00. The van der Waals surface area contributed by atoms with E-state index in [0.717, 1.165) is 40.7 Å². The van der Waals surface area contributed by atoms with Crippen LogP contribution >= 0.6 is 11.6 Å². The van der Waals surface area contributed by atoms with Crippen LogP contribution in [0.3, 0.4) is 0 Å². The van der Waals surface area contributed by atoms with Crippen LogP contribution in [-0.2, 0) is 4.74 Å². The van der Waals surface area contributed by atoms with Crippen LogP contribution in [0.1, 0.15) is 23.2 Å². The minimum atomic E-state index is -0.0123. The number of rotatable bonds is 5. The molecule has 3 aromatic rings. The van der Waals surface area contributed by atoms with Crippen molar-refractivity contribution in [1.29, 1.82) is 0 Å². The van der Waals surface area contributed by atoms with Crippen LogP contribution in [0.25, 0.3) is 22.2 Å². The summed E-state index contributed by atoms with van der Waals surface area (Å²) in [6.07, 6.45) is 5.84. The molecule has 2 aromatic heterocycles. The van der Waals surface area contributed by atoms with Gasteiger partial charge in [-0.2, -0.15) is 0 Å². The van der Waals surface area contributed by atoms with Crippen LogP contribution in [0.4, 0.5) is 5.69 Å². The van der Waals surface area contributed by atoms with Gasteiger partial charge in [0.1, 0.15) is 11.4 Å². The standard InChI is InChI=1S/C22H23ClN4O3/c1-29-18-10-13(22(28)27-6-8-30-9-7-27)2-5-15(18)16-11-24-21-19(17(23)12-25-21)20(16)26-14-3-4-14/h2,5,10-12,14H,3-4,6-9H2,1H3,(H2,24,25,26). The Morgan fingerprint density at radius 1 is 1.30 bits per heavy atom. The average Bonchev–Trinajstić information content (AvgIpc) is 3.53. The second-order valence-electron chi connectivity index (χ2n) is 7.65. The highest BCUT2D eigenvalue weighted by atomic mass is 35.5. The van der Waals surface area contributed by atoms with Gasteiger partial charge in [0.05, 0.1) is 36.4 Å². The summed E-state index contributed by atoms with van der Waals surface area (Å²) in [4.78, 5) is 22.4. The number of halogens is 1. The van der Waals surface area contributed by atoms with Crippen molar-refractivity contribution in [1.82, 2.24) is 14.9 Å². The Hall–Kier alpha value is -2.77. The van der Waals surface area contributed by atoms with Crippen molar-refractivity contribution in [2.45, 2.75) is 18.9 Å². The number of H-pyrrole nitrogens is 1. The number of hydrogen-bond acceptors (Lipinski definition) is 5. The molecule has 8 heteroatoms. The van der Waals surface area contributed by atoms with Gasteiger partial charge in [0.25, 0.3) is 5.91 Å². The van der Waals surface area contributed by atoms with Gasteiger partial charge in [0.15, 0.2) is 0 Å². The molecule has 3 heterocycles. The van der Waals surface area contributed by atoms with E-state index in [0.29, 0.717) is 48.7 Å². The maximum Gasteiger partial charge on any atom is 0.254 e. The molecule has 0 spiro atoms. The molecule has 2 fully saturated rings. The number of fused-ring (bicyclic) bond motifs is 1. The number of anilines is 1. The third-order valence-corrected chi connectivity index (χ3v) is 5.91. The summed E-state index contributed by atoms with van der Waals surface area (Å²) in [5.41, 5.74) is 4.05. The maximum absolute atomic E-state index is 12.9. The Balaban J connectivity index is 1.57. The number of carbonyl (C=O) groups is 1. The van der Waals surface area contributed by atoms with E-state index in [1.54, 1.807) is 19.4 Å². The fraction of sp³-hybridized carbons (Fsp3) is 0.364. The van der Waals surface area contributed by atoms with Crippen molar-refractivity contribution >= 4 is 34.2 Å². The molecule has 0 atom stereocenters. The Morgan fingerprint density at radius 3 is 2.83 bits per heavy atom. The lowest BCUT2D eigenvalue weighted by Gasteiger charge is -2.27. The topological polar surface area (TPSA) is 79.5 Å². The third kappa shape index (κ3) is 3.48. The molecule has 7 nitrogen and oxygen atoms in total. The second kappa shape index (κ2) is 7.81. The molecule has 1 saturated heterocycles. The zero-order chi connectivity index (χ0) is 20.7. The van der Waals surface area contributed by atoms with Crippen LogP contribution in [0.15, 0.2) is 30.6 Å². The first-order valence-electron chi connectivity index (χ1n) is 10.1. The predicted molar refractivity (Wildman–Crippen MR) is 116 cm³/mol. The van der Waals surface area contributed by atoms with E-state index in [1.807, 2.05) is 23.2 Å². The first kappa shape index (κ1) is 19.2. The number of nitrogens with one attached hydrogen (secondary N) is 2. The number of nitrogens with zero attached hydrogens (tertiary/aromatic N) is 2. The third-order valence-electron chi connectivity index (χ3n) is 5.62. The largest absolute Gasteiger partial charge is 0.496 e. The van der Waals surface area contributed by atoms with Crippen molar-refractivity contribution < 1.29 is 14.3 Å². The Morgan fingerprint density at radius 2 is 2.10 bits per heavy atom. The average molecular weight is 427 g/mol. The van der Waals surface area contributed by atoms with Gasteiger partial charge in [-0.25, -0.2) is 4.98 Å². The van der Waals surface area contributed by atoms with Crippen LogP contribution in [0.2, 0.25) is 5.02 Å². The summed E-state index contributed by atoms with van der Waals surface area (Å²) in [6, 6.07) is 6.01. The summed E-state index contributed by atoms with van der Waals surface area (Å²) in [6.45, 7) is 2.34. The van der Waals surface area contributed by atoms with E-state index in [9.17, 15) is 4.79 Å². The highest BCUT2D eigenvalue weighted by Crippen LogP contribution is 2.42. The summed E-state index contributed by atoms with van der Waals surface area (Å²) < 4.78 is 11.0. The molecule has 1 aromatic carbocycles. The molecule has 0 unspecified atom stereocenters. The van der Waals surface area contributed by atoms with E-state index < -0.39 is 0 Å². The fourth-order valence-electron chi connectivity index (χ4n) is 3.84. The van der Waals surface area contributed by atoms with Gasteiger partial charge in [-0.05, 0) is 31.0 Å². The molecule has 1 amide bonds. The number of aromatic nitrogens is 2. The second-order valence-corrected chi connectivity index (χ2v) is 8.05. The maximum atomic E-state index is 12.9. The number of ether oxygens (including phenoxy) is 2. The molecule has 2 N–H and O–H groups in total. The summed E-state index contributed by atoms with van der Waals surface area (Å²) in [7, 11) is 1.62. The minimum Gasteiger partial charge on any atom is -0.496 e. The van der Waals surface area contributed by atoms with E-state index in [1.165, 1.54) is 0 Å². The highest BCUT2D eigenvalue weighted by molar-refractivity contribution is 6.36. The van der Waals surface area contributed by atoms with Gasteiger partial charge in [-0.1, -0.05) is 11.6 Å². The number of methoxy groups -OCH3 is 1. The van der Waals surface area contributed by atoms with Gasteiger partial charge in [-0.3, -0.25) is 4.79 Å². The zero-order valence-corrected chi connectivity index (χ0v) is 17.5. The summed E-state index contributed by atoms with van der Waals surface area (Å²) in [5.74, 6) is 0.613. The quantitative estimate of drug-likeness (QED) is 0.646. The lowest BCUT2D eigenvalue weighted by atomic mass is 10.0. The molecular weight excluding hydrogens is 404 g/mol. The van der Waals surface area contributed by atoms with Gasteiger partial charge in [0.2, 0.25) is 0 Å². The van der Waals surface area contributed by atoms with Crippen molar-refractivity contribution in [3.05, 3.63) is 41.2 Å². The van der Waals surface area contributed by atoms with E-state index in [2.05, 4.69) is 15.3 Å². The van der Waals surface area contributed by atoms with Crippen LogP contribution in [0, 0.1) is 0 Å². The van der Waals surface area contributed by atoms with Gasteiger partial charge in [-0.15, -0.1) is 0 Å². The van der Waals surface area contributed by atoms with E-state index >= 15 is 0 Å². The minimum absolute atomic E-state index is 0.0123. The highest BCUT2D eigenvalue weighted by Gasteiger charge is 2.26. The molecule has 1 saturated carbocycles. The van der Waals surface area contributed by atoms with E-state index in [4.69, 9.17) is 21.1 Å². The number of pyridine rings is 1. The van der Waals surface area contributed by atoms with Gasteiger partial charge in [0, 0.05) is 48.2 Å². The Labute approximate surface area is 179 Å². The number of carbonyl (C=O) groups excluding carboxylic acids is 1. The molecule has 2 aliphatic rings. The van der Waals surface area contributed by atoms with Crippen LogP contribution in [0.5, 0.6) is 5.75 Å². The molecule has 0 bridgehead atoms. The molecule has 156 valence electrons. The molecular formula is C22H23ClN4O3. The van der Waals surface area contributed by atoms with E-state index in [-0.39, 0.29) is 5.91 Å². The molecule has 5 rings (SSSR count). The predicted octanol–water partition coefficient (Wildman–Crippen LogP) is 3.94. The summed E-state index contributed by atoms with van der Waals surface area (Å²) in [5, 5.41) is 5.10. The lowest BCUT2D eigenvalue weighted by Crippen LogP contribution is -2.40. The number of amides is 1. The van der Waals surface area contributed by atoms with Crippen molar-refractivity contribution in [3.63, 3.8) is 0 Å². The lowest BCUT2D eigenvalue weighted by molar-refractivity contribution is 0.0302. The van der Waals surface area contributed by atoms with Crippen LogP contribution in [-0.4, -0.2) is 60.2 Å². The normalized spacial score (nSPS) is 16.7. The SMILES string of the molecule is COc1cc(C(=O)N2CCOCC2)ccc1-c1cnc2[nH]cc(Cl)c2c1NC1CC1. The molecule has 1 aliphatic carbocycles. The first-order valence-corrected chi connectivity index (χ1v) is 10.5. The summed E-state index contributed by atoms with van der Waals surface area (Å²) >= 11 is 6.46. The first-order chi connectivity index (χ1) is 14.7. The molecule has 0 radical (unpaired) electrons. The van der Waals surface area contributed by atoms with Crippen LogP contribution < -0.4 is 10.1 Å². The number of morpholine rings is 1. The van der Waals surface area contributed by atoms with Gasteiger partial charge < -0.3 is 24.7 Å². The smallest absolute Gasteiger partial charge is 0.254 e. The fourth-order valence-corrected chi connectivity index (χ4v) is 4.08.